The summed E-state index contributed by atoms with van der Waals surface area (Å²) in [5.74, 6) is 0.577. The predicted molar refractivity (Wildman–Crippen MR) is 82.1 cm³/mol. The van der Waals surface area contributed by atoms with E-state index in [1.54, 1.807) is 18.4 Å². The Hall–Kier alpha value is -1.73. The summed E-state index contributed by atoms with van der Waals surface area (Å²) in [6.07, 6.45) is 2.93. The van der Waals surface area contributed by atoms with E-state index in [0.29, 0.717) is 17.2 Å². The molecule has 20 heavy (non-hydrogen) atoms. The third kappa shape index (κ3) is 2.34. The van der Waals surface area contributed by atoms with E-state index in [1.165, 1.54) is 4.88 Å². The highest BCUT2D eigenvalue weighted by Gasteiger charge is 2.10. The number of thiazole rings is 1. The zero-order valence-corrected chi connectivity index (χ0v) is 12.8. The Labute approximate surface area is 125 Å². The highest BCUT2D eigenvalue weighted by molar-refractivity contribution is 7.71. The number of rotatable bonds is 4. The summed E-state index contributed by atoms with van der Waals surface area (Å²) in [5.41, 5.74) is 1.70. The normalized spacial score (nSPS) is 11.1. The Kier molecular flexibility index (Phi) is 3.54. The van der Waals surface area contributed by atoms with Gasteiger partial charge in [0.2, 0.25) is 5.88 Å². The predicted octanol–water partition coefficient (Wildman–Crippen LogP) is 3.17. The molecule has 0 spiro atoms. The Morgan fingerprint density at radius 2 is 2.30 bits per heavy atom. The minimum atomic E-state index is 0.577. The average Bonchev–Trinajstić information content (AvgIpc) is 3.04. The van der Waals surface area contributed by atoms with E-state index >= 15 is 0 Å². The van der Waals surface area contributed by atoms with Crippen molar-refractivity contribution in [3.8, 4) is 5.88 Å². The number of hydrogen-bond donors (Lipinski definition) is 1. The number of aryl methyl sites for hydroxylation is 1. The van der Waals surface area contributed by atoms with Gasteiger partial charge in [0.15, 0.2) is 10.4 Å². The second kappa shape index (κ2) is 5.34. The molecular weight excluding hydrogens is 292 g/mol. The Morgan fingerprint density at radius 3 is 3.00 bits per heavy atom. The molecule has 0 fully saturated rings. The lowest BCUT2D eigenvalue weighted by molar-refractivity contribution is 0.399. The molecule has 3 aromatic heterocycles. The van der Waals surface area contributed by atoms with Crippen LogP contribution in [0.3, 0.4) is 0 Å². The Balaban J connectivity index is 2.05. The van der Waals surface area contributed by atoms with Crippen LogP contribution in [0.25, 0.3) is 11.2 Å². The highest BCUT2D eigenvalue weighted by atomic mass is 32.1. The van der Waals surface area contributed by atoms with Gasteiger partial charge in [0.1, 0.15) is 5.01 Å². The van der Waals surface area contributed by atoms with Crippen LogP contribution in [0.2, 0.25) is 0 Å². The molecule has 0 saturated carbocycles. The fraction of sp³-hybridized carbons (Fsp3) is 0.308. The van der Waals surface area contributed by atoms with Gasteiger partial charge in [-0.3, -0.25) is 4.57 Å². The smallest absolute Gasteiger partial charge is 0.215 e. The lowest BCUT2D eigenvalue weighted by atomic mass is 10.4. The summed E-state index contributed by atoms with van der Waals surface area (Å²) in [6, 6.07) is 3.74. The van der Waals surface area contributed by atoms with Crippen molar-refractivity contribution in [3.05, 3.63) is 33.0 Å². The van der Waals surface area contributed by atoms with Gasteiger partial charge in [-0.25, -0.2) is 4.98 Å². The van der Waals surface area contributed by atoms with E-state index < -0.39 is 0 Å². The topological polar surface area (TPSA) is 55.7 Å². The first-order valence-corrected chi connectivity index (χ1v) is 7.51. The second-order valence-corrected chi connectivity index (χ2v) is 5.90. The van der Waals surface area contributed by atoms with Gasteiger partial charge in [0, 0.05) is 17.1 Å². The molecule has 1 N–H and O–H groups in total. The van der Waals surface area contributed by atoms with Crippen molar-refractivity contribution in [2.45, 2.75) is 19.9 Å². The van der Waals surface area contributed by atoms with Crippen molar-refractivity contribution in [2.24, 2.45) is 0 Å². The molecule has 0 aliphatic rings. The van der Waals surface area contributed by atoms with E-state index in [-0.39, 0.29) is 0 Å². The molecule has 3 heterocycles. The van der Waals surface area contributed by atoms with Gasteiger partial charge < -0.3 is 9.72 Å². The molecule has 104 valence electrons. The van der Waals surface area contributed by atoms with Crippen molar-refractivity contribution in [1.82, 2.24) is 19.5 Å². The van der Waals surface area contributed by atoms with Gasteiger partial charge in [-0.15, -0.1) is 11.3 Å². The Bertz CT molecular complexity index is 802. The van der Waals surface area contributed by atoms with Crippen LogP contribution in [0.1, 0.15) is 16.8 Å². The number of nitrogens with zero attached hydrogens (tertiary/aromatic N) is 3. The molecular formula is C13H14N4OS2. The standard InChI is InChI=1S/C13H14N4OS2/c1-3-8-6-14-11(20-8)7-17-12-9(15-13(17)19)4-5-10(16-12)18-2/h4-6H,3,7H2,1-2H3,(H,15,19). The molecule has 0 aliphatic heterocycles. The highest BCUT2D eigenvalue weighted by Crippen LogP contribution is 2.20. The van der Waals surface area contributed by atoms with Crippen molar-refractivity contribution >= 4 is 34.7 Å². The number of methoxy groups -OCH3 is 1. The summed E-state index contributed by atoms with van der Waals surface area (Å²) in [6.45, 7) is 2.75. The molecule has 3 rings (SSSR count). The zero-order valence-electron chi connectivity index (χ0n) is 11.2. The quantitative estimate of drug-likeness (QED) is 0.752. The maximum Gasteiger partial charge on any atom is 0.215 e. The average molecular weight is 306 g/mol. The van der Waals surface area contributed by atoms with Crippen molar-refractivity contribution < 1.29 is 4.74 Å². The van der Waals surface area contributed by atoms with Crippen LogP contribution >= 0.6 is 23.6 Å². The van der Waals surface area contributed by atoms with E-state index in [0.717, 1.165) is 22.6 Å². The fourth-order valence-electron chi connectivity index (χ4n) is 1.99. The molecule has 3 aromatic rings. The number of pyridine rings is 1. The number of nitrogens with one attached hydrogen (secondary N) is 1. The van der Waals surface area contributed by atoms with Crippen LogP contribution in [-0.2, 0) is 13.0 Å². The van der Waals surface area contributed by atoms with Gasteiger partial charge in [-0.05, 0) is 24.7 Å². The van der Waals surface area contributed by atoms with E-state index in [2.05, 4.69) is 21.9 Å². The van der Waals surface area contributed by atoms with Gasteiger partial charge >= 0.3 is 0 Å². The summed E-state index contributed by atoms with van der Waals surface area (Å²) in [4.78, 5) is 13.3. The number of ether oxygens (including phenoxy) is 1. The SMILES string of the molecule is CCc1cnc(Cn2c(=S)[nH]c3ccc(OC)nc32)s1. The molecule has 5 nitrogen and oxygen atoms in total. The zero-order chi connectivity index (χ0) is 14.1. The van der Waals surface area contributed by atoms with Crippen LogP contribution in [0.4, 0.5) is 0 Å². The molecule has 0 bridgehead atoms. The number of aromatic amines is 1. The fourth-order valence-corrected chi connectivity index (χ4v) is 3.11. The molecule has 0 unspecified atom stereocenters. The van der Waals surface area contributed by atoms with Crippen molar-refractivity contribution in [1.29, 1.82) is 0 Å². The van der Waals surface area contributed by atoms with Crippen LogP contribution in [0, 0.1) is 4.77 Å². The molecule has 0 aromatic carbocycles. The van der Waals surface area contributed by atoms with Gasteiger partial charge in [-0.1, -0.05) is 6.92 Å². The van der Waals surface area contributed by atoms with E-state index in [1.807, 2.05) is 22.9 Å². The third-order valence-corrected chi connectivity index (χ3v) is 4.49. The molecule has 0 aliphatic carbocycles. The number of hydrogen-bond acceptors (Lipinski definition) is 5. The van der Waals surface area contributed by atoms with Gasteiger partial charge in [-0.2, -0.15) is 4.98 Å². The molecule has 0 atom stereocenters. The molecule has 0 amide bonds. The first-order chi connectivity index (χ1) is 9.71. The first kappa shape index (κ1) is 13.3. The van der Waals surface area contributed by atoms with Crippen LogP contribution in [-0.4, -0.2) is 26.6 Å². The maximum atomic E-state index is 5.37. The number of fused-ring (bicyclic) bond motifs is 1. The summed E-state index contributed by atoms with van der Waals surface area (Å²) < 4.78 is 7.77. The van der Waals surface area contributed by atoms with Crippen LogP contribution in [0.15, 0.2) is 18.3 Å². The maximum absolute atomic E-state index is 5.37. The molecule has 7 heteroatoms. The summed E-state index contributed by atoms with van der Waals surface area (Å²) in [5, 5.41) is 1.03. The van der Waals surface area contributed by atoms with Crippen LogP contribution < -0.4 is 4.74 Å². The first-order valence-electron chi connectivity index (χ1n) is 6.28. The van der Waals surface area contributed by atoms with E-state index in [9.17, 15) is 0 Å². The number of H-pyrrole nitrogens is 1. The lowest BCUT2D eigenvalue weighted by Crippen LogP contribution is -2.01. The third-order valence-electron chi connectivity index (χ3n) is 3.04. The minimum absolute atomic E-state index is 0.577. The monoisotopic (exact) mass is 306 g/mol. The Morgan fingerprint density at radius 1 is 1.45 bits per heavy atom. The second-order valence-electron chi connectivity index (χ2n) is 4.31. The molecule has 0 saturated heterocycles. The minimum Gasteiger partial charge on any atom is -0.481 e. The summed E-state index contributed by atoms with van der Waals surface area (Å²) >= 11 is 7.08. The molecule has 0 radical (unpaired) electrons. The van der Waals surface area contributed by atoms with Gasteiger partial charge in [0.25, 0.3) is 0 Å². The number of aromatic nitrogens is 4. The lowest BCUT2D eigenvalue weighted by Gasteiger charge is -2.02. The largest absolute Gasteiger partial charge is 0.481 e. The van der Waals surface area contributed by atoms with Gasteiger partial charge in [0.05, 0.1) is 19.2 Å². The van der Waals surface area contributed by atoms with Crippen LogP contribution in [0.5, 0.6) is 5.88 Å². The van der Waals surface area contributed by atoms with E-state index in [4.69, 9.17) is 17.0 Å². The number of imidazole rings is 1. The van der Waals surface area contributed by atoms with Crippen molar-refractivity contribution in [3.63, 3.8) is 0 Å². The summed E-state index contributed by atoms with van der Waals surface area (Å²) in [7, 11) is 1.61. The van der Waals surface area contributed by atoms with Crippen molar-refractivity contribution in [2.75, 3.05) is 7.11 Å².